The average molecular weight is 805 g/mol. The van der Waals surface area contributed by atoms with Gasteiger partial charge in [-0.2, -0.15) is 0 Å². The third-order valence-corrected chi connectivity index (χ3v) is 13.3. The number of anilines is 3. The first-order valence-corrected chi connectivity index (χ1v) is 21.8. The van der Waals surface area contributed by atoms with Gasteiger partial charge >= 0.3 is 0 Å². The first-order chi connectivity index (χ1) is 31.2. The van der Waals surface area contributed by atoms with Crippen LogP contribution in [0.15, 0.2) is 218 Å². The number of allylic oxidation sites excluding steroid dienone is 1. The molecule has 0 saturated carbocycles. The Bertz CT molecular complexity index is 3630. The van der Waals surface area contributed by atoms with Gasteiger partial charge in [0.05, 0.1) is 16.9 Å². The fraction of sp³-hybridized carbons (Fsp3) is 0.0333. The number of rotatable bonds is 6. The maximum absolute atomic E-state index is 6.47. The lowest BCUT2D eigenvalue weighted by Crippen LogP contribution is -2.15. The quantitative estimate of drug-likeness (QED) is 0.156. The van der Waals surface area contributed by atoms with Gasteiger partial charge in [-0.3, -0.25) is 0 Å². The van der Waals surface area contributed by atoms with E-state index in [1.165, 1.54) is 82.5 Å². The minimum atomic E-state index is 0.149. The monoisotopic (exact) mass is 804 g/mol. The van der Waals surface area contributed by atoms with E-state index in [0.29, 0.717) is 0 Å². The molecule has 0 fully saturated rings. The molecule has 0 N–H and O–H groups in total. The summed E-state index contributed by atoms with van der Waals surface area (Å²) < 4.78 is 8.87. The van der Waals surface area contributed by atoms with Crippen molar-refractivity contribution in [3.05, 3.63) is 235 Å². The molecule has 0 radical (unpaired) electrons. The molecule has 2 aliphatic rings. The molecular weight excluding hydrogens is 765 g/mol. The van der Waals surface area contributed by atoms with Crippen molar-refractivity contribution in [2.75, 3.05) is 4.90 Å². The lowest BCUT2D eigenvalue weighted by Gasteiger charge is -2.31. The Morgan fingerprint density at radius 2 is 1.10 bits per heavy atom. The predicted molar refractivity (Wildman–Crippen MR) is 263 cm³/mol. The van der Waals surface area contributed by atoms with Crippen LogP contribution < -0.4 is 9.64 Å². The lowest BCUT2D eigenvalue weighted by molar-refractivity contribution is 0.475. The highest BCUT2D eigenvalue weighted by Crippen LogP contribution is 2.49. The molecule has 3 heteroatoms. The van der Waals surface area contributed by atoms with E-state index in [1.54, 1.807) is 0 Å². The summed E-state index contributed by atoms with van der Waals surface area (Å²) in [5.74, 6) is 1.94. The first-order valence-electron chi connectivity index (χ1n) is 21.8. The second-order valence-electron chi connectivity index (χ2n) is 16.8. The van der Waals surface area contributed by atoms with E-state index < -0.39 is 0 Å². The van der Waals surface area contributed by atoms with Crippen molar-refractivity contribution >= 4 is 66.4 Å². The molecule has 0 saturated heterocycles. The van der Waals surface area contributed by atoms with Gasteiger partial charge in [-0.05, 0) is 139 Å². The van der Waals surface area contributed by atoms with E-state index in [4.69, 9.17) is 4.74 Å². The van der Waals surface area contributed by atoms with Gasteiger partial charge in [0.1, 0.15) is 0 Å². The molecule has 10 aromatic carbocycles. The third-order valence-electron chi connectivity index (χ3n) is 13.3. The van der Waals surface area contributed by atoms with Crippen LogP contribution in [-0.4, -0.2) is 4.57 Å². The average Bonchev–Trinajstić information content (AvgIpc) is 3.69. The van der Waals surface area contributed by atoms with Crippen LogP contribution in [0.3, 0.4) is 0 Å². The van der Waals surface area contributed by atoms with Crippen molar-refractivity contribution in [2.45, 2.75) is 12.3 Å². The molecular formula is C60H40N2O. The van der Waals surface area contributed by atoms with Gasteiger partial charge in [-0.1, -0.05) is 158 Å². The zero-order valence-corrected chi connectivity index (χ0v) is 34.4. The van der Waals surface area contributed by atoms with Crippen LogP contribution >= 0.6 is 0 Å². The molecule has 63 heavy (non-hydrogen) atoms. The molecule has 1 aromatic heterocycles. The van der Waals surface area contributed by atoms with Crippen LogP contribution in [-0.2, 0) is 6.42 Å². The molecule has 1 aliphatic carbocycles. The molecule has 11 aromatic rings. The molecule has 1 unspecified atom stereocenters. The number of aromatic nitrogens is 1. The van der Waals surface area contributed by atoms with Crippen LogP contribution in [0.4, 0.5) is 17.1 Å². The van der Waals surface area contributed by atoms with E-state index in [1.807, 2.05) is 6.07 Å². The van der Waals surface area contributed by atoms with E-state index in [2.05, 4.69) is 228 Å². The maximum Gasteiger partial charge on any atom is 0.152 e. The Kier molecular flexibility index (Phi) is 8.04. The zero-order chi connectivity index (χ0) is 41.4. The summed E-state index contributed by atoms with van der Waals surface area (Å²) in [5, 5.41) is 8.82. The summed E-state index contributed by atoms with van der Waals surface area (Å²) in [6, 6.07) is 77.3. The zero-order valence-electron chi connectivity index (χ0n) is 34.4. The fourth-order valence-corrected chi connectivity index (χ4v) is 10.4. The van der Waals surface area contributed by atoms with Crippen LogP contribution in [0.1, 0.15) is 22.7 Å². The number of nitrogens with zero attached hydrogens (tertiary/aromatic N) is 2. The third kappa shape index (κ3) is 5.74. The molecule has 0 bridgehead atoms. The highest BCUT2D eigenvalue weighted by molar-refractivity contribution is 6.13. The normalized spacial score (nSPS) is 13.9. The summed E-state index contributed by atoms with van der Waals surface area (Å²) in [5.41, 5.74) is 14.3. The topological polar surface area (TPSA) is 17.4 Å². The van der Waals surface area contributed by atoms with E-state index in [0.717, 1.165) is 40.5 Å². The van der Waals surface area contributed by atoms with Gasteiger partial charge in [0.25, 0.3) is 0 Å². The summed E-state index contributed by atoms with van der Waals surface area (Å²) >= 11 is 0. The highest BCUT2D eigenvalue weighted by Gasteiger charge is 2.30. The van der Waals surface area contributed by atoms with Gasteiger partial charge in [-0.15, -0.1) is 0 Å². The Morgan fingerprint density at radius 3 is 1.94 bits per heavy atom. The fourth-order valence-electron chi connectivity index (χ4n) is 10.4. The Hall–Kier alpha value is -8.14. The number of ether oxygens (including phenoxy) is 1. The second-order valence-corrected chi connectivity index (χ2v) is 16.8. The molecule has 0 amide bonds. The van der Waals surface area contributed by atoms with Gasteiger partial charge in [0.2, 0.25) is 0 Å². The van der Waals surface area contributed by atoms with Crippen molar-refractivity contribution in [2.24, 2.45) is 0 Å². The molecule has 13 rings (SSSR count). The Balaban J connectivity index is 0.935. The molecule has 0 spiro atoms. The number of benzene rings is 10. The van der Waals surface area contributed by atoms with E-state index in [9.17, 15) is 0 Å². The molecule has 1 aliphatic heterocycles. The van der Waals surface area contributed by atoms with Crippen LogP contribution in [0, 0.1) is 0 Å². The van der Waals surface area contributed by atoms with Crippen molar-refractivity contribution in [1.82, 2.24) is 4.57 Å². The standard InChI is InChI=1S/C60H40N2O/c1-2-13-42-36-43(25-24-39(42)12-1)40-26-31-46(32-27-40)61(47-33-28-41(29-34-47)53-37-44-14-3-4-15-48(44)50-17-5-6-18-51(50)53)55-20-8-7-16-49(55)45-30-35-56-54(38-45)52-19-11-23-59-60(52)62(56)57-21-9-10-22-58(57)63-59/h1-37,45H,38H2. The Labute approximate surface area is 366 Å². The van der Waals surface area contributed by atoms with Crippen molar-refractivity contribution < 1.29 is 4.74 Å². The van der Waals surface area contributed by atoms with Crippen molar-refractivity contribution in [1.29, 1.82) is 0 Å². The van der Waals surface area contributed by atoms with Crippen LogP contribution in [0.5, 0.6) is 11.5 Å². The number of para-hydroxylation sites is 4. The summed E-state index contributed by atoms with van der Waals surface area (Å²) in [6.07, 6.45) is 5.63. The summed E-state index contributed by atoms with van der Waals surface area (Å²) in [6.45, 7) is 0. The largest absolute Gasteiger partial charge is 0.453 e. The molecule has 2 heterocycles. The van der Waals surface area contributed by atoms with Crippen LogP contribution in [0.2, 0.25) is 0 Å². The van der Waals surface area contributed by atoms with E-state index >= 15 is 0 Å². The number of hydrogen-bond donors (Lipinski definition) is 0. The highest BCUT2D eigenvalue weighted by atomic mass is 16.5. The number of hydrogen-bond acceptors (Lipinski definition) is 2. The van der Waals surface area contributed by atoms with Gasteiger partial charge in [0, 0.05) is 28.4 Å². The first kappa shape index (κ1) is 35.6. The summed E-state index contributed by atoms with van der Waals surface area (Å²) in [7, 11) is 0. The Morgan fingerprint density at radius 1 is 0.460 bits per heavy atom. The predicted octanol–water partition coefficient (Wildman–Crippen LogP) is 16.4. The minimum Gasteiger partial charge on any atom is -0.453 e. The molecule has 3 nitrogen and oxygen atoms in total. The molecule has 296 valence electrons. The summed E-state index contributed by atoms with van der Waals surface area (Å²) in [4.78, 5) is 2.45. The van der Waals surface area contributed by atoms with Gasteiger partial charge in [0.15, 0.2) is 11.5 Å². The molecule has 1 atom stereocenters. The van der Waals surface area contributed by atoms with Crippen LogP contribution in [0.25, 0.3) is 77.2 Å². The van der Waals surface area contributed by atoms with Gasteiger partial charge < -0.3 is 14.2 Å². The smallest absolute Gasteiger partial charge is 0.152 e. The number of fused-ring (bicyclic) bond motifs is 9. The maximum atomic E-state index is 6.47. The van der Waals surface area contributed by atoms with Crippen molar-refractivity contribution in [3.8, 4) is 39.4 Å². The van der Waals surface area contributed by atoms with E-state index in [-0.39, 0.29) is 5.92 Å². The minimum absolute atomic E-state index is 0.149. The van der Waals surface area contributed by atoms with Gasteiger partial charge in [-0.25, -0.2) is 0 Å². The SMILES string of the molecule is C1=CC(c2ccccc2N(c2ccc(-c3ccc4ccccc4c3)cc2)c2ccc(-c3cc4ccccc4c4ccccc34)cc2)Cc2c1n1c3c(cccc23)Oc2ccccc2-1. The van der Waals surface area contributed by atoms with Crippen molar-refractivity contribution in [3.63, 3.8) is 0 Å². The lowest BCUT2D eigenvalue weighted by atomic mass is 9.85. The second kappa shape index (κ2) is 14.2.